The SMILES string of the molecule is COc1ccc([C@H]2[C@@H](C(=O)Nc3ccc(F)cc3F)c3cc(OC)c(OC)cc3C(=O)N2C)cc1. The molecule has 1 aliphatic rings. The molecule has 9 heteroatoms. The molecule has 0 aromatic heterocycles. The molecular weight excluding hydrogens is 458 g/mol. The van der Waals surface area contributed by atoms with E-state index >= 15 is 0 Å². The summed E-state index contributed by atoms with van der Waals surface area (Å²) in [5.74, 6) is -2.25. The van der Waals surface area contributed by atoms with E-state index in [-0.39, 0.29) is 17.2 Å². The van der Waals surface area contributed by atoms with Gasteiger partial charge in [-0.2, -0.15) is 0 Å². The number of halogens is 2. The van der Waals surface area contributed by atoms with Gasteiger partial charge >= 0.3 is 0 Å². The maximum Gasteiger partial charge on any atom is 0.254 e. The minimum atomic E-state index is -0.953. The Labute approximate surface area is 201 Å². The third kappa shape index (κ3) is 4.37. The zero-order valence-corrected chi connectivity index (χ0v) is 19.6. The second kappa shape index (κ2) is 9.61. The number of carbonyl (C=O) groups excluding carboxylic acids is 2. The summed E-state index contributed by atoms with van der Waals surface area (Å²) >= 11 is 0. The van der Waals surface area contributed by atoms with Crippen LogP contribution in [-0.4, -0.2) is 45.1 Å². The summed E-state index contributed by atoms with van der Waals surface area (Å²) in [6, 6.07) is 12.2. The molecular formula is C26H24F2N2O5. The Morgan fingerprint density at radius 1 is 0.914 bits per heavy atom. The van der Waals surface area contributed by atoms with Gasteiger partial charge in [0.2, 0.25) is 5.91 Å². The maximum absolute atomic E-state index is 14.4. The smallest absolute Gasteiger partial charge is 0.254 e. The molecule has 1 heterocycles. The number of benzene rings is 3. The number of nitrogens with zero attached hydrogens (tertiary/aromatic N) is 1. The molecule has 2 atom stereocenters. The molecule has 0 radical (unpaired) electrons. The van der Waals surface area contributed by atoms with E-state index in [1.807, 2.05) is 0 Å². The van der Waals surface area contributed by atoms with E-state index in [2.05, 4.69) is 5.32 Å². The van der Waals surface area contributed by atoms with E-state index in [0.29, 0.717) is 34.4 Å². The Morgan fingerprint density at radius 2 is 1.57 bits per heavy atom. The number of amides is 2. The van der Waals surface area contributed by atoms with Crippen LogP contribution in [0.5, 0.6) is 17.2 Å². The largest absolute Gasteiger partial charge is 0.497 e. The highest BCUT2D eigenvalue weighted by molar-refractivity contribution is 6.05. The normalized spacial score (nSPS) is 17.0. The van der Waals surface area contributed by atoms with Gasteiger partial charge in [0.1, 0.15) is 17.4 Å². The van der Waals surface area contributed by atoms with E-state index in [4.69, 9.17) is 14.2 Å². The van der Waals surface area contributed by atoms with Crippen molar-refractivity contribution in [3.63, 3.8) is 0 Å². The van der Waals surface area contributed by atoms with Gasteiger partial charge in [0.05, 0.1) is 39.0 Å². The molecule has 1 N–H and O–H groups in total. The fraction of sp³-hybridized carbons (Fsp3) is 0.231. The highest BCUT2D eigenvalue weighted by Gasteiger charge is 2.43. The summed E-state index contributed by atoms with van der Waals surface area (Å²) in [6.45, 7) is 0. The lowest BCUT2D eigenvalue weighted by Gasteiger charge is -2.40. The lowest BCUT2D eigenvalue weighted by molar-refractivity contribution is -0.119. The second-order valence-corrected chi connectivity index (χ2v) is 8.02. The molecule has 1 aliphatic heterocycles. The first kappa shape index (κ1) is 24.0. The zero-order chi connectivity index (χ0) is 25.3. The third-order valence-electron chi connectivity index (χ3n) is 6.10. The fourth-order valence-electron chi connectivity index (χ4n) is 4.35. The molecule has 7 nitrogen and oxygen atoms in total. The predicted molar refractivity (Wildman–Crippen MR) is 125 cm³/mol. The van der Waals surface area contributed by atoms with Crippen LogP contribution in [0.2, 0.25) is 0 Å². The predicted octanol–water partition coefficient (Wildman–Crippen LogP) is 4.54. The standard InChI is InChI=1S/C26H24F2N2O5/c1-30-24(14-5-8-16(33-2)9-6-14)23(25(31)29-20-10-7-15(27)11-19(20)28)17-12-21(34-3)22(35-4)13-18(17)26(30)32/h5-13,23-24H,1-4H3,(H,29,31)/t23-,24-/m0/s1. The molecule has 0 fully saturated rings. The molecule has 4 rings (SSSR count). The molecule has 0 saturated carbocycles. The van der Waals surface area contributed by atoms with Gasteiger partial charge < -0.3 is 24.4 Å². The van der Waals surface area contributed by atoms with Crippen LogP contribution >= 0.6 is 0 Å². The van der Waals surface area contributed by atoms with Gasteiger partial charge in [-0.1, -0.05) is 12.1 Å². The van der Waals surface area contributed by atoms with Crippen molar-refractivity contribution < 1.29 is 32.6 Å². The average Bonchev–Trinajstić information content (AvgIpc) is 2.86. The molecule has 0 bridgehead atoms. The molecule has 35 heavy (non-hydrogen) atoms. The Morgan fingerprint density at radius 3 is 2.17 bits per heavy atom. The Bertz CT molecular complexity index is 1280. The minimum Gasteiger partial charge on any atom is -0.497 e. The van der Waals surface area contributed by atoms with Crippen LogP contribution in [0.3, 0.4) is 0 Å². The van der Waals surface area contributed by atoms with Gasteiger partial charge in [-0.15, -0.1) is 0 Å². The van der Waals surface area contributed by atoms with Gasteiger partial charge in [0.15, 0.2) is 11.5 Å². The van der Waals surface area contributed by atoms with Crippen LogP contribution in [0.15, 0.2) is 54.6 Å². The molecule has 0 saturated heterocycles. The zero-order valence-electron chi connectivity index (χ0n) is 19.6. The maximum atomic E-state index is 14.4. The van der Waals surface area contributed by atoms with E-state index in [0.717, 1.165) is 12.1 Å². The lowest BCUT2D eigenvalue weighted by Crippen LogP contribution is -2.44. The van der Waals surface area contributed by atoms with Crippen molar-refractivity contribution >= 4 is 17.5 Å². The number of nitrogens with one attached hydrogen (secondary N) is 1. The van der Waals surface area contributed by atoms with Gasteiger partial charge in [-0.25, -0.2) is 8.78 Å². The number of carbonyl (C=O) groups is 2. The molecule has 0 spiro atoms. The van der Waals surface area contributed by atoms with E-state index in [1.165, 1.54) is 32.3 Å². The van der Waals surface area contributed by atoms with Crippen LogP contribution in [0.4, 0.5) is 14.5 Å². The van der Waals surface area contributed by atoms with E-state index in [9.17, 15) is 18.4 Å². The minimum absolute atomic E-state index is 0.175. The molecule has 0 aliphatic carbocycles. The highest BCUT2D eigenvalue weighted by Crippen LogP contribution is 2.46. The number of fused-ring (bicyclic) bond motifs is 1. The third-order valence-corrected chi connectivity index (χ3v) is 6.10. The number of methoxy groups -OCH3 is 3. The van der Waals surface area contributed by atoms with Crippen LogP contribution < -0.4 is 19.5 Å². The number of hydrogen-bond acceptors (Lipinski definition) is 5. The van der Waals surface area contributed by atoms with Crippen LogP contribution in [-0.2, 0) is 4.79 Å². The summed E-state index contributed by atoms with van der Waals surface area (Å²) < 4.78 is 43.8. The van der Waals surface area contributed by atoms with Crippen molar-refractivity contribution in [3.8, 4) is 17.2 Å². The number of hydrogen-bond donors (Lipinski definition) is 1. The quantitative estimate of drug-likeness (QED) is 0.558. The fourth-order valence-corrected chi connectivity index (χ4v) is 4.35. The van der Waals surface area contributed by atoms with Gasteiger partial charge in [-0.3, -0.25) is 9.59 Å². The van der Waals surface area contributed by atoms with Gasteiger partial charge in [0, 0.05) is 18.7 Å². The average molecular weight is 482 g/mol. The van der Waals surface area contributed by atoms with Crippen LogP contribution in [0.1, 0.15) is 33.4 Å². The molecule has 3 aromatic carbocycles. The number of rotatable bonds is 6. The summed E-state index contributed by atoms with van der Waals surface area (Å²) in [5, 5.41) is 2.56. The van der Waals surface area contributed by atoms with E-state index < -0.39 is 29.5 Å². The highest BCUT2D eigenvalue weighted by atomic mass is 19.1. The van der Waals surface area contributed by atoms with E-state index in [1.54, 1.807) is 37.4 Å². The topological polar surface area (TPSA) is 77.1 Å². The first-order chi connectivity index (χ1) is 16.8. The Hall–Kier alpha value is -4.14. The monoisotopic (exact) mass is 482 g/mol. The summed E-state index contributed by atoms with van der Waals surface area (Å²) in [6.07, 6.45) is 0. The van der Waals surface area contributed by atoms with Crippen molar-refractivity contribution in [1.82, 2.24) is 4.90 Å². The first-order valence-electron chi connectivity index (χ1n) is 10.7. The number of likely N-dealkylation sites (N-methyl/N-ethyl adjacent to an activating group) is 1. The van der Waals surface area contributed by atoms with Crippen molar-refractivity contribution in [3.05, 3.63) is 82.9 Å². The summed E-state index contributed by atoms with van der Waals surface area (Å²) in [4.78, 5) is 28.5. The first-order valence-corrected chi connectivity index (χ1v) is 10.7. The molecule has 2 amide bonds. The number of ether oxygens (including phenoxy) is 3. The van der Waals surface area contributed by atoms with Crippen LogP contribution in [0.25, 0.3) is 0 Å². The van der Waals surface area contributed by atoms with Crippen molar-refractivity contribution in [2.24, 2.45) is 0 Å². The van der Waals surface area contributed by atoms with Crippen molar-refractivity contribution in [2.75, 3.05) is 33.7 Å². The Kier molecular flexibility index (Phi) is 6.59. The summed E-state index contributed by atoms with van der Waals surface area (Å²) in [7, 11) is 6.03. The second-order valence-electron chi connectivity index (χ2n) is 8.02. The molecule has 3 aromatic rings. The van der Waals surface area contributed by atoms with Crippen LogP contribution in [0, 0.1) is 11.6 Å². The number of anilines is 1. The van der Waals surface area contributed by atoms with Crippen molar-refractivity contribution in [1.29, 1.82) is 0 Å². The summed E-state index contributed by atoms with van der Waals surface area (Å²) in [5.41, 5.74) is 1.15. The Balaban J connectivity index is 1.87. The van der Waals surface area contributed by atoms with Crippen molar-refractivity contribution in [2.45, 2.75) is 12.0 Å². The molecule has 182 valence electrons. The van der Waals surface area contributed by atoms with Gasteiger partial charge in [-0.05, 0) is 47.5 Å². The molecule has 0 unspecified atom stereocenters. The lowest BCUT2D eigenvalue weighted by atomic mass is 9.79. The van der Waals surface area contributed by atoms with Gasteiger partial charge in [0.25, 0.3) is 5.91 Å².